The van der Waals surface area contributed by atoms with E-state index in [1.807, 2.05) is 6.07 Å². The Hall–Kier alpha value is -2.97. The van der Waals surface area contributed by atoms with E-state index in [0.29, 0.717) is 37.6 Å². The van der Waals surface area contributed by atoms with Crippen LogP contribution in [0, 0.1) is 13.7 Å². The van der Waals surface area contributed by atoms with E-state index in [1.54, 1.807) is 35.2 Å². The molecular formula is C23H20IN3O7S. The number of hydrogen-bond donors (Lipinski definition) is 0. The molecule has 0 unspecified atom stereocenters. The molecule has 0 saturated carbocycles. The molecule has 0 spiro atoms. The van der Waals surface area contributed by atoms with E-state index in [0.717, 1.165) is 25.8 Å². The number of morpholine rings is 1. The third-order valence-electron chi connectivity index (χ3n) is 5.33. The number of amides is 3. The normalized spacial score (nSPS) is 17.2. The molecule has 10 nitrogen and oxygen atoms in total. The predicted octanol–water partition coefficient (Wildman–Crippen LogP) is 3.67. The van der Waals surface area contributed by atoms with E-state index in [4.69, 9.17) is 9.47 Å². The number of nitro groups is 1. The number of imide groups is 1. The lowest BCUT2D eigenvalue weighted by Crippen LogP contribution is -2.46. The minimum Gasteiger partial charge on any atom is -0.488 e. The fourth-order valence-electron chi connectivity index (χ4n) is 3.43. The van der Waals surface area contributed by atoms with E-state index in [1.165, 1.54) is 12.1 Å². The van der Waals surface area contributed by atoms with Crippen LogP contribution in [0.5, 0.6) is 5.75 Å². The molecular weight excluding hydrogens is 589 g/mol. The Bertz CT molecular complexity index is 1200. The van der Waals surface area contributed by atoms with E-state index < -0.39 is 16.1 Å². The van der Waals surface area contributed by atoms with Crippen molar-refractivity contribution in [3.8, 4) is 5.75 Å². The molecule has 2 heterocycles. The molecule has 0 aliphatic carbocycles. The highest BCUT2D eigenvalue weighted by atomic mass is 127. The molecule has 182 valence electrons. The van der Waals surface area contributed by atoms with Crippen molar-refractivity contribution in [3.05, 3.63) is 72.2 Å². The van der Waals surface area contributed by atoms with Gasteiger partial charge in [-0.25, -0.2) is 0 Å². The number of nitro benzene ring substituents is 1. The van der Waals surface area contributed by atoms with Gasteiger partial charge in [-0.15, -0.1) is 0 Å². The molecule has 0 N–H and O–H groups in total. The standard InChI is InChI=1S/C23H20IN3O7S/c24-18-11-16(3-6-19(18)34-14-15-1-4-17(5-2-15)27(31)32)12-20-22(29)26(23(30)35-20)13-21(28)25-7-9-33-10-8-25/h1-6,11-12H,7-10,13-14H2/b20-12+. The summed E-state index contributed by atoms with van der Waals surface area (Å²) in [6, 6.07) is 11.5. The second-order valence-corrected chi connectivity index (χ2v) is 9.82. The second-order valence-electron chi connectivity index (χ2n) is 7.66. The zero-order valence-electron chi connectivity index (χ0n) is 18.3. The number of carbonyl (C=O) groups excluding carboxylic acids is 3. The van der Waals surface area contributed by atoms with E-state index in [-0.39, 0.29) is 29.7 Å². The van der Waals surface area contributed by atoms with E-state index in [2.05, 4.69) is 22.6 Å². The van der Waals surface area contributed by atoms with Crippen LogP contribution in [0.4, 0.5) is 10.5 Å². The highest BCUT2D eigenvalue weighted by Crippen LogP contribution is 2.33. The van der Waals surface area contributed by atoms with Gasteiger partial charge in [0.25, 0.3) is 16.8 Å². The molecule has 3 amide bonds. The van der Waals surface area contributed by atoms with Crippen LogP contribution in [0.1, 0.15) is 11.1 Å². The second kappa shape index (κ2) is 11.2. The first kappa shape index (κ1) is 25.1. The number of nitrogens with zero attached hydrogens (tertiary/aromatic N) is 3. The molecule has 2 saturated heterocycles. The third kappa shape index (κ3) is 6.18. The van der Waals surface area contributed by atoms with Gasteiger partial charge in [0.1, 0.15) is 18.9 Å². The topological polar surface area (TPSA) is 119 Å². The van der Waals surface area contributed by atoms with Crippen molar-refractivity contribution in [2.24, 2.45) is 0 Å². The summed E-state index contributed by atoms with van der Waals surface area (Å²) < 4.78 is 11.8. The molecule has 2 aromatic rings. The van der Waals surface area contributed by atoms with E-state index >= 15 is 0 Å². The highest BCUT2D eigenvalue weighted by Gasteiger charge is 2.37. The Morgan fingerprint density at radius 1 is 1.17 bits per heavy atom. The van der Waals surface area contributed by atoms with E-state index in [9.17, 15) is 24.5 Å². The van der Waals surface area contributed by atoms with Gasteiger partial charge in [0.2, 0.25) is 5.91 Å². The minimum absolute atomic E-state index is 0.0163. The average molecular weight is 609 g/mol. The van der Waals surface area contributed by atoms with Crippen molar-refractivity contribution in [2.75, 3.05) is 32.8 Å². The molecule has 4 rings (SSSR count). The molecule has 0 radical (unpaired) electrons. The van der Waals surface area contributed by atoms with Crippen molar-refractivity contribution in [3.63, 3.8) is 0 Å². The number of rotatable bonds is 7. The molecule has 2 aliphatic rings. The number of halogens is 1. The molecule has 0 atom stereocenters. The molecule has 35 heavy (non-hydrogen) atoms. The van der Waals surface area contributed by atoms with Crippen LogP contribution in [0.3, 0.4) is 0 Å². The summed E-state index contributed by atoms with van der Waals surface area (Å²) in [5.41, 5.74) is 1.51. The van der Waals surface area contributed by atoms with Gasteiger partial charge in [-0.2, -0.15) is 0 Å². The highest BCUT2D eigenvalue weighted by molar-refractivity contribution is 14.1. The van der Waals surface area contributed by atoms with Gasteiger partial charge in [0.05, 0.1) is 26.6 Å². The minimum atomic E-state index is -0.491. The first-order valence-electron chi connectivity index (χ1n) is 10.6. The van der Waals surface area contributed by atoms with Crippen molar-refractivity contribution < 1.29 is 28.8 Å². The van der Waals surface area contributed by atoms with Gasteiger partial charge in [-0.3, -0.25) is 29.4 Å². The van der Waals surface area contributed by atoms with Gasteiger partial charge in [0.15, 0.2) is 0 Å². The Labute approximate surface area is 218 Å². The first-order chi connectivity index (χ1) is 16.8. The van der Waals surface area contributed by atoms with Crippen molar-refractivity contribution in [2.45, 2.75) is 6.61 Å². The SMILES string of the molecule is O=C(CN1C(=O)S/C(=C/c2ccc(OCc3ccc([N+](=O)[O-])cc3)c(I)c2)C1=O)N1CCOCC1. The summed E-state index contributed by atoms with van der Waals surface area (Å²) in [4.78, 5) is 50.7. The zero-order valence-corrected chi connectivity index (χ0v) is 21.3. The Morgan fingerprint density at radius 3 is 2.54 bits per heavy atom. The molecule has 0 bridgehead atoms. The summed E-state index contributed by atoms with van der Waals surface area (Å²) >= 11 is 2.92. The van der Waals surface area contributed by atoms with Gasteiger partial charge >= 0.3 is 0 Å². The van der Waals surface area contributed by atoms with Gasteiger partial charge < -0.3 is 14.4 Å². The zero-order chi connectivity index (χ0) is 24.9. The fourth-order valence-corrected chi connectivity index (χ4v) is 4.97. The lowest BCUT2D eigenvalue weighted by molar-refractivity contribution is -0.384. The molecule has 2 aromatic carbocycles. The quantitative estimate of drug-likeness (QED) is 0.202. The van der Waals surface area contributed by atoms with Gasteiger partial charge in [-0.05, 0) is 75.8 Å². The number of carbonyl (C=O) groups is 3. The first-order valence-corrected chi connectivity index (χ1v) is 12.5. The number of hydrogen-bond acceptors (Lipinski definition) is 8. The summed E-state index contributed by atoms with van der Waals surface area (Å²) in [5, 5.41) is 10.3. The molecule has 0 aromatic heterocycles. The van der Waals surface area contributed by atoms with Crippen LogP contribution in [0.2, 0.25) is 0 Å². The number of benzene rings is 2. The lowest BCUT2D eigenvalue weighted by Gasteiger charge is -2.28. The number of thioether (sulfide) groups is 1. The van der Waals surface area contributed by atoms with Crippen LogP contribution in [-0.2, 0) is 20.9 Å². The number of non-ortho nitro benzene ring substituents is 1. The fraction of sp³-hybridized carbons (Fsp3) is 0.261. The third-order valence-corrected chi connectivity index (χ3v) is 7.08. The summed E-state index contributed by atoms with van der Waals surface area (Å²) in [6.45, 7) is 1.74. The molecule has 12 heteroatoms. The Kier molecular flexibility index (Phi) is 8.03. The Morgan fingerprint density at radius 2 is 1.89 bits per heavy atom. The molecule has 2 fully saturated rings. The van der Waals surface area contributed by atoms with Crippen molar-refractivity contribution in [1.82, 2.24) is 9.80 Å². The van der Waals surface area contributed by atoms with Crippen LogP contribution in [0.25, 0.3) is 6.08 Å². The van der Waals surface area contributed by atoms with Crippen molar-refractivity contribution >= 4 is 63.2 Å². The van der Waals surface area contributed by atoms with Gasteiger partial charge in [-0.1, -0.05) is 6.07 Å². The smallest absolute Gasteiger partial charge is 0.294 e. The predicted molar refractivity (Wildman–Crippen MR) is 137 cm³/mol. The lowest BCUT2D eigenvalue weighted by atomic mass is 10.2. The van der Waals surface area contributed by atoms with Crippen LogP contribution >= 0.6 is 34.4 Å². The maximum atomic E-state index is 12.8. The summed E-state index contributed by atoms with van der Waals surface area (Å²) in [5.74, 6) is -0.152. The average Bonchev–Trinajstić information content (AvgIpc) is 3.11. The monoisotopic (exact) mass is 609 g/mol. The van der Waals surface area contributed by atoms with Crippen LogP contribution in [0.15, 0.2) is 47.4 Å². The summed E-state index contributed by atoms with van der Waals surface area (Å²) in [6.07, 6.45) is 1.62. The van der Waals surface area contributed by atoms with Crippen molar-refractivity contribution in [1.29, 1.82) is 0 Å². The molecule has 2 aliphatic heterocycles. The van der Waals surface area contributed by atoms with Gasteiger partial charge in [0, 0.05) is 25.2 Å². The largest absolute Gasteiger partial charge is 0.488 e. The van der Waals surface area contributed by atoms with Crippen LogP contribution in [-0.4, -0.2) is 64.6 Å². The number of ether oxygens (including phenoxy) is 2. The Balaban J connectivity index is 1.38. The maximum absolute atomic E-state index is 12.8. The maximum Gasteiger partial charge on any atom is 0.294 e. The van der Waals surface area contributed by atoms with Crippen LogP contribution < -0.4 is 4.74 Å². The summed E-state index contributed by atoms with van der Waals surface area (Å²) in [7, 11) is 0.